The summed E-state index contributed by atoms with van der Waals surface area (Å²) in [6.07, 6.45) is 1.80. The Morgan fingerprint density at radius 1 is 0.955 bits per heavy atom. The summed E-state index contributed by atoms with van der Waals surface area (Å²) in [5.41, 5.74) is 1.81. The number of methoxy groups -OCH3 is 3. The van der Waals surface area contributed by atoms with Crippen LogP contribution in [0.2, 0.25) is 0 Å². The van der Waals surface area contributed by atoms with Gasteiger partial charge in [0.1, 0.15) is 11.5 Å². The molecular formula is C18H20O4. The molecule has 0 aromatic heterocycles. The van der Waals surface area contributed by atoms with E-state index in [9.17, 15) is 5.11 Å². The second-order valence-corrected chi connectivity index (χ2v) is 4.76. The van der Waals surface area contributed by atoms with E-state index in [1.165, 1.54) is 0 Å². The lowest BCUT2D eigenvalue weighted by Gasteiger charge is -2.19. The van der Waals surface area contributed by atoms with E-state index in [2.05, 4.69) is 6.58 Å². The van der Waals surface area contributed by atoms with Gasteiger partial charge in [-0.3, -0.25) is 0 Å². The van der Waals surface area contributed by atoms with Gasteiger partial charge in [0.15, 0.2) is 11.5 Å². The average molecular weight is 300 g/mol. The third kappa shape index (κ3) is 3.01. The summed E-state index contributed by atoms with van der Waals surface area (Å²) in [5.74, 6) is 1.96. The van der Waals surface area contributed by atoms with Crippen LogP contribution in [0.25, 0.3) is 0 Å². The first-order valence-electron chi connectivity index (χ1n) is 6.86. The molecule has 0 saturated heterocycles. The van der Waals surface area contributed by atoms with Crippen LogP contribution in [-0.4, -0.2) is 26.4 Å². The Morgan fingerprint density at radius 3 is 2.14 bits per heavy atom. The molecule has 0 fully saturated rings. The highest BCUT2D eigenvalue weighted by atomic mass is 16.5. The third-order valence-electron chi connectivity index (χ3n) is 3.54. The van der Waals surface area contributed by atoms with Gasteiger partial charge in [-0.25, -0.2) is 0 Å². The monoisotopic (exact) mass is 300 g/mol. The highest BCUT2D eigenvalue weighted by Crippen LogP contribution is 2.41. The highest BCUT2D eigenvalue weighted by molar-refractivity contribution is 5.55. The summed E-state index contributed by atoms with van der Waals surface area (Å²) in [7, 11) is 4.77. The van der Waals surface area contributed by atoms with Gasteiger partial charge < -0.3 is 19.3 Å². The third-order valence-corrected chi connectivity index (χ3v) is 3.54. The molecule has 4 heteroatoms. The topological polar surface area (TPSA) is 47.9 Å². The maximum Gasteiger partial charge on any atom is 0.164 e. The fourth-order valence-corrected chi connectivity index (χ4v) is 2.46. The molecule has 1 N–H and O–H groups in total. The minimum absolute atomic E-state index is 0.137. The molecule has 0 aliphatic heterocycles. The number of phenols is 1. The molecule has 1 unspecified atom stereocenters. The van der Waals surface area contributed by atoms with Crippen LogP contribution in [0.15, 0.2) is 49.1 Å². The van der Waals surface area contributed by atoms with E-state index >= 15 is 0 Å². The lowest BCUT2D eigenvalue weighted by atomic mass is 9.90. The van der Waals surface area contributed by atoms with Crippen molar-refractivity contribution in [2.75, 3.05) is 21.3 Å². The minimum atomic E-state index is -0.137. The van der Waals surface area contributed by atoms with Crippen LogP contribution in [0.1, 0.15) is 17.0 Å². The molecule has 2 rings (SSSR count). The molecule has 0 spiro atoms. The number of hydrogen-bond acceptors (Lipinski definition) is 4. The predicted molar refractivity (Wildman–Crippen MR) is 86.2 cm³/mol. The fraction of sp³-hybridized carbons (Fsp3) is 0.222. The summed E-state index contributed by atoms with van der Waals surface area (Å²) in [6.45, 7) is 3.91. The lowest BCUT2D eigenvalue weighted by molar-refractivity contribution is 0.347. The van der Waals surface area contributed by atoms with Crippen molar-refractivity contribution in [2.45, 2.75) is 5.92 Å². The zero-order chi connectivity index (χ0) is 16.1. The summed E-state index contributed by atoms with van der Waals surface area (Å²) < 4.78 is 16.1. The largest absolute Gasteiger partial charge is 0.508 e. The van der Waals surface area contributed by atoms with Crippen LogP contribution in [-0.2, 0) is 0 Å². The Kier molecular flexibility index (Phi) is 4.94. The SMILES string of the molecule is C=CC(c1cccc(O)c1)c1cc(OC)c(OC)cc1OC. The van der Waals surface area contributed by atoms with Crippen LogP contribution >= 0.6 is 0 Å². The lowest BCUT2D eigenvalue weighted by Crippen LogP contribution is -2.03. The van der Waals surface area contributed by atoms with Crippen molar-refractivity contribution in [3.05, 3.63) is 60.2 Å². The molecule has 0 amide bonds. The number of hydrogen-bond donors (Lipinski definition) is 1. The van der Waals surface area contributed by atoms with Crippen LogP contribution in [0.5, 0.6) is 23.0 Å². The van der Waals surface area contributed by atoms with E-state index in [1.807, 2.05) is 12.1 Å². The van der Waals surface area contributed by atoms with Crippen molar-refractivity contribution in [3.63, 3.8) is 0 Å². The van der Waals surface area contributed by atoms with Crippen molar-refractivity contribution in [1.29, 1.82) is 0 Å². The molecule has 2 aromatic carbocycles. The number of ether oxygens (including phenoxy) is 3. The van der Waals surface area contributed by atoms with Crippen molar-refractivity contribution in [3.8, 4) is 23.0 Å². The molecule has 116 valence electrons. The smallest absolute Gasteiger partial charge is 0.164 e. The number of phenolic OH excluding ortho intramolecular Hbond substituents is 1. The summed E-state index contributed by atoms with van der Waals surface area (Å²) >= 11 is 0. The Morgan fingerprint density at radius 2 is 1.59 bits per heavy atom. The van der Waals surface area contributed by atoms with Crippen LogP contribution in [0.4, 0.5) is 0 Å². The van der Waals surface area contributed by atoms with Crippen molar-refractivity contribution < 1.29 is 19.3 Å². The van der Waals surface area contributed by atoms with Crippen LogP contribution in [0.3, 0.4) is 0 Å². The van der Waals surface area contributed by atoms with Gasteiger partial charge in [-0.05, 0) is 23.8 Å². The zero-order valence-electron chi connectivity index (χ0n) is 13.0. The summed E-state index contributed by atoms with van der Waals surface area (Å²) in [4.78, 5) is 0. The van der Waals surface area contributed by atoms with E-state index in [1.54, 1.807) is 51.7 Å². The van der Waals surface area contributed by atoms with Crippen molar-refractivity contribution >= 4 is 0 Å². The van der Waals surface area contributed by atoms with Crippen LogP contribution < -0.4 is 14.2 Å². The predicted octanol–water partition coefficient (Wildman–Crippen LogP) is 3.74. The van der Waals surface area contributed by atoms with E-state index in [0.717, 1.165) is 11.1 Å². The van der Waals surface area contributed by atoms with Crippen molar-refractivity contribution in [1.82, 2.24) is 0 Å². The Hall–Kier alpha value is -2.62. The molecule has 0 saturated carbocycles. The quantitative estimate of drug-likeness (QED) is 0.826. The molecule has 4 nitrogen and oxygen atoms in total. The van der Waals surface area contributed by atoms with E-state index in [-0.39, 0.29) is 11.7 Å². The zero-order valence-corrected chi connectivity index (χ0v) is 13.0. The number of benzene rings is 2. The van der Waals surface area contributed by atoms with Gasteiger partial charge in [-0.1, -0.05) is 18.2 Å². The van der Waals surface area contributed by atoms with E-state index < -0.39 is 0 Å². The van der Waals surface area contributed by atoms with Gasteiger partial charge in [0.25, 0.3) is 0 Å². The Balaban J connectivity index is 2.59. The molecule has 0 radical (unpaired) electrons. The van der Waals surface area contributed by atoms with Gasteiger partial charge in [0.05, 0.1) is 21.3 Å². The Labute approximate surface area is 130 Å². The van der Waals surface area contributed by atoms with Crippen LogP contribution in [0, 0.1) is 0 Å². The number of aromatic hydroxyl groups is 1. The number of allylic oxidation sites excluding steroid dienone is 1. The molecule has 22 heavy (non-hydrogen) atoms. The molecule has 0 heterocycles. The highest BCUT2D eigenvalue weighted by Gasteiger charge is 2.19. The minimum Gasteiger partial charge on any atom is -0.508 e. The fourth-order valence-electron chi connectivity index (χ4n) is 2.46. The van der Waals surface area contributed by atoms with Gasteiger partial charge in [-0.15, -0.1) is 6.58 Å². The van der Waals surface area contributed by atoms with E-state index in [0.29, 0.717) is 17.2 Å². The first kappa shape index (κ1) is 15.8. The maximum absolute atomic E-state index is 9.70. The standard InChI is InChI=1S/C18H20O4/c1-5-14(12-7-6-8-13(19)9-12)15-10-17(21-3)18(22-4)11-16(15)20-2/h5-11,14,19H,1H2,2-4H3. The normalized spacial score (nSPS) is 11.6. The van der Waals surface area contributed by atoms with Crippen molar-refractivity contribution in [2.24, 2.45) is 0 Å². The molecule has 2 aromatic rings. The summed E-state index contributed by atoms with van der Waals surface area (Å²) in [5, 5.41) is 9.70. The molecular weight excluding hydrogens is 280 g/mol. The molecule has 0 aliphatic rings. The molecule has 1 atom stereocenters. The summed E-state index contributed by atoms with van der Waals surface area (Å²) in [6, 6.07) is 10.7. The average Bonchev–Trinajstić information content (AvgIpc) is 2.55. The van der Waals surface area contributed by atoms with Gasteiger partial charge in [0, 0.05) is 17.5 Å². The second-order valence-electron chi connectivity index (χ2n) is 4.76. The second kappa shape index (κ2) is 6.89. The Bertz CT molecular complexity index is 664. The van der Waals surface area contributed by atoms with Gasteiger partial charge >= 0.3 is 0 Å². The maximum atomic E-state index is 9.70. The molecule has 0 aliphatic carbocycles. The number of rotatable bonds is 6. The molecule has 0 bridgehead atoms. The first-order valence-corrected chi connectivity index (χ1v) is 6.86. The first-order chi connectivity index (χ1) is 10.6. The van der Waals surface area contributed by atoms with Gasteiger partial charge in [0.2, 0.25) is 0 Å². The van der Waals surface area contributed by atoms with Gasteiger partial charge in [-0.2, -0.15) is 0 Å². The van der Waals surface area contributed by atoms with E-state index in [4.69, 9.17) is 14.2 Å².